The van der Waals surface area contributed by atoms with Crippen molar-refractivity contribution in [1.29, 1.82) is 0 Å². The number of aromatic amines is 1. The van der Waals surface area contributed by atoms with Crippen LogP contribution in [-0.4, -0.2) is 32.9 Å². The van der Waals surface area contributed by atoms with Crippen LogP contribution in [0.3, 0.4) is 0 Å². The molecule has 0 aromatic carbocycles. The Morgan fingerprint density at radius 3 is 2.78 bits per heavy atom. The van der Waals surface area contributed by atoms with E-state index in [1.54, 1.807) is 0 Å². The average Bonchev–Trinajstić information content (AvgIpc) is 2.85. The quantitative estimate of drug-likeness (QED) is 0.757. The molecule has 4 heteroatoms. The molecule has 1 unspecified atom stereocenters. The van der Waals surface area contributed by atoms with Crippen molar-refractivity contribution in [2.75, 3.05) is 6.54 Å². The molecule has 0 aliphatic carbocycles. The highest BCUT2D eigenvalue weighted by Gasteiger charge is 2.22. The summed E-state index contributed by atoms with van der Waals surface area (Å²) in [5.41, 5.74) is 2.32. The molecule has 0 bridgehead atoms. The molecule has 1 aliphatic rings. The summed E-state index contributed by atoms with van der Waals surface area (Å²) in [6.45, 7) is 6.73. The lowest BCUT2D eigenvalue weighted by Gasteiger charge is -2.31. The van der Waals surface area contributed by atoms with Crippen molar-refractivity contribution in [3.05, 3.63) is 11.4 Å². The van der Waals surface area contributed by atoms with E-state index in [2.05, 4.69) is 34.2 Å². The van der Waals surface area contributed by atoms with Crippen molar-refractivity contribution in [3.8, 4) is 0 Å². The van der Waals surface area contributed by atoms with Gasteiger partial charge < -0.3 is 0 Å². The predicted octanol–water partition coefficient (Wildman–Crippen LogP) is 2.91. The molecule has 1 atom stereocenters. The minimum Gasteiger partial charge on any atom is -0.294 e. The molecule has 0 spiro atoms. The summed E-state index contributed by atoms with van der Waals surface area (Å²) in [6.07, 6.45) is 9.24. The Kier molecular flexibility index (Phi) is 5.17. The lowest BCUT2D eigenvalue weighted by molar-refractivity contribution is 0.176. The van der Waals surface area contributed by atoms with Crippen LogP contribution in [0.4, 0.5) is 0 Å². The van der Waals surface area contributed by atoms with E-state index in [4.69, 9.17) is 0 Å². The minimum absolute atomic E-state index is 0.677. The van der Waals surface area contributed by atoms with Crippen molar-refractivity contribution >= 4 is 0 Å². The number of nitrogens with zero attached hydrogens (tertiary/aromatic N) is 3. The fourth-order valence-corrected chi connectivity index (χ4v) is 2.72. The first-order valence-corrected chi connectivity index (χ1v) is 7.43. The van der Waals surface area contributed by atoms with E-state index in [1.165, 1.54) is 44.2 Å². The number of rotatable bonds is 7. The van der Waals surface area contributed by atoms with Crippen LogP contribution >= 0.6 is 0 Å². The first kappa shape index (κ1) is 13.5. The van der Waals surface area contributed by atoms with Crippen LogP contribution in [0, 0.1) is 0 Å². The maximum absolute atomic E-state index is 4.23. The summed E-state index contributed by atoms with van der Waals surface area (Å²) in [5, 5.41) is 11.2. The highest BCUT2D eigenvalue weighted by Crippen LogP contribution is 2.19. The summed E-state index contributed by atoms with van der Waals surface area (Å²) in [7, 11) is 0. The fraction of sp³-hybridized carbons (Fsp3) is 0.857. The van der Waals surface area contributed by atoms with Gasteiger partial charge in [0.2, 0.25) is 0 Å². The Morgan fingerprint density at radius 1 is 1.17 bits per heavy atom. The Labute approximate surface area is 110 Å². The van der Waals surface area contributed by atoms with E-state index in [-0.39, 0.29) is 0 Å². The van der Waals surface area contributed by atoms with Gasteiger partial charge in [0.05, 0.1) is 11.4 Å². The van der Waals surface area contributed by atoms with Crippen molar-refractivity contribution in [2.24, 2.45) is 0 Å². The van der Waals surface area contributed by atoms with Crippen LogP contribution in [-0.2, 0) is 13.0 Å². The molecule has 1 N–H and O–H groups in total. The van der Waals surface area contributed by atoms with Gasteiger partial charge in [-0.25, -0.2) is 0 Å². The van der Waals surface area contributed by atoms with Crippen molar-refractivity contribution in [1.82, 2.24) is 20.3 Å². The average molecular weight is 250 g/mol. The van der Waals surface area contributed by atoms with Crippen molar-refractivity contribution < 1.29 is 0 Å². The fourth-order valence-electron chi connectivity index (χ4n) is 2.72. The van der Waals surface area contributed by atoms with Gasteiger partial charge >= 0.3 is 0 Å². The smallest absolute Gasteiger partial charge is 0.0997 e. The molecular weight excluding hydrogens is 224 g/mol. The molecular formula is C14H26N4. The van der Waals surface area contributed by atoms with Crippen molar-refractivity contribution in [2.45, 2.75) is 71.4 Å². The first-order chi connectivity index (χ1) is 8.81. The lowest BCUT2D eigenvalue weighted by Crippen LogP contribution is -2.37. The third-order valence-electron chi connectivity index (χ3n) is 4.04. The standard InChI is InChI=1S/C14H26N4/c1-3-4-5-6-7-8-12(2)18-10-9-13-14(11-18)16-17-15-13/h12H,3-11H2,1-2H3,(H,15,16,17). The van der Waals surface area contributed by atoms with Gasteiger partial charge in [-0.1, -0.05) is 39.0 Å². The van der Waals surface area contributed by atoms with E-state index in [1.807, 2.05) is 0 Å². The Hall–Kier alpha value is -0.900. The van der Waals surface area contributed by atoms with Gasteiger partial charge in [-0.2, -0.15) is 15.4 Å². The minimum atomic E-state index is 0.677. The van der Waals surface area contributed by atoms with Crippen LogP contribution < -0.4 is 0 Å². The normalized spacial score (nSPS) is 17.7. The summed E-state index contributed by atoms with van der Waals surface area (Å²) in [4.78, 5) is 2.55. The van der Waals surface area contributed by atoms with E-state index >= 15 is 0 Å². The molecule has 2 rings (SSSR count). The van der Waals surface area contributed by atoms with Crippen LogP contribution in [0.1, 0.15) is 63.8 Å². The zero-order valence-electron chi connectivity index (χ0n) is 11.8. The molecule has 0 fully saturated rings. The predicted molar refractivity (Wildman–Crippen MR) is 73.3 cm³/mol. The monoisotopic (exact) mass is 250 g/mol. The van der Waals surface area contributed by atoms with E-state index in [0.717, 1.165) is 25.2 Å². The van der Waals surface area contributed by atoms with Crippen LogP contribution in [0.25, 0.3) is 0 Å². The molecule has 0 saturated carbocycles. The third-order valence-corrected chi connectivity index (χ3v) is 4.04. The number of fused-ring (bicyclic) bond motifs is 1. The van der Waals surface area contributed by atoms with Crippen LogP contribution in [0.5, 0.6) is 0 Å². The van der Waals surface area contributed by atoms with Crippen LogP contribution in [0.15, 0.2) is 0 Å². The SMILES string of the molecule is CCCCCCCC(C)N1CCc2n[nH]nc2C1. The third kappa shape index (κ3) is 3.55. The Balaban J connectivity index is 1.69. The van der Waals surface area contributed by atoms with E-state index < -0.39 is 0 Å². The molecule has 0 radical (unpaired) electrons. The first-order valence-electron chi connectivity index (χ1n) is 7.43. The molecule has 0 amide bonds. The van der Waals surface area contributed by atoms with E-state index in [9.17, 15) is 0 Å². The largest absolute Gasteiger partial charge is 0.294 e. The van der Waals surface area contributed by atoms with Gasteiger partial charge in [0, 0.05) is 25.6 Å². The number of unbranched alkanes of at least 4 members (excludes halogenated alkanes) is 4. The molecule has 1 aliphatic heterocycles. The van der Waals surface area contributed by atoms with Gasteiger partial charge in [-0.05, 0) is 13.3 Å². The maximum atomic E-state index is 4.23. The number of hydrogen-bond donors (Lipinski definition) is 1. The summed E-state index contributed by atoms with van der Waals surface area (Å²) in [6, 6.07) is 0.677. The molecule has 102 valence electrons. The summed E-state index contributed by atoms with van der Waals surface area (Å²) < 4.78 is 0. The van der Waals surface area contributed by atoms with Gasteiger partial charge in [-0.3, -0.25) is 4.90 Å². The second-order valence-electron chi connectivity index (χ2n) is 5.49. The van der Waals surface area contributed by atoms with Crippen LogP contribution in [0.2, 0.25) is 0 Å². The topological polar surface area (TPSA) is 44.8 Å². The zero-order valence-corrected chi connectivity index (χ0v) is 11.8. The number of H-pyrrole nitrogens is 1. The second-order valence-corrected chi connectivity index (χ2v) is 5.49. The van der Waals surface area contributed by atoms with Gasteiger partial charge in [0.15, 0.2) is 0 Å². The Morgan fingerprint density at radius 2 is 1.94 bits per heavy atom. The van der Waals surface area contributed by atoms with E-state index in [0.29, 0.717) is 6.04 Å². The maximum Gasteiger partial charge on any atom is 0.0997 e. The molecule has 0 saturated heterocycles. The molecule has 1 aromatic rings. The number of nitrogens with one attached hydrogen (secondary N) is 1. The lowest BCUT2D eigenvalue weighted by atomic mass is 10.0. The number of aromatic nitrogens is 3. The highest BCUT2D eigenvalue weighted by atomic mass is 15.3. The zero-order chi connectivity index (χ0) is 12.8. The summed E-state index contributed by atoms with van der Waals surface area (Å²) >= 11 is 0. The van der Waals surface area contributed by atoms with Crippen molar-refractivity contribution in [3.63, 3.8) is 0 Å². The van der Waals surface area contributed by atoms with Gasteiger partial charge in [-0.15, -0.1) is 0 Å². The number of hydrogen-bond acceptors (Lipinski definition) is 3. The molecule has 1 aromatic heterocycles. The molecule has 2 heterocycles. The highest BCUT2D eigenvalue weighted by molar-refractivity contribution is 5.12. The Bertz CT molecular complexity index is 347. The van der Waals surface area contributed by atoms with Gasteiger partial charge in [0.25, 0.3) is 0 Å². The summed E-state index contributed by atoms with van der Waals surface area (Å²) in [5.74, 6) is 0. The molecule has 4 nitrogen and oxygen atoms in total. The second kappa shape index (κ2) is 6.88. The molecule has 18 heavy (non-hydrogen) atoms. The van der Waals surface area contributed by atoms with Gasteiger partial charge in [0.1, 0.15) is 0 Å².